The summed E-state index contributed by atoms with van der Waals surface area (Å²) in [4.78, 5) is 59.3. The van der Waals surface area contributed by atoms with Gasteiger partial charge in [0.25, 0.3) is 0 Å². The molecular formula is C27H51O12PSi. The van der Waals surface area contributed by atoms with Crippen LogP contribution in [0.3, 0.4) is 0 Å². The van der Waals surface area contributed by atoms with Crippen molar-refractivity contribution < 1.29 is 60.7 Å². The van der Waals surface area contributed by atoms with Gasteiger partial charge in [-0.2, -0.15) is 0 Å². The molecule has 0 aromatic heterocycles. The molecule has 41 heavy (non-hydrogen) atoms. The minimum absolute atomic E-state index is 0.285. The van der Waals surface area contributed by atoms with Crippen molar-refractivity contribution in [3.05, 3.63) is 0 Å². The monoisotopic (exact) mass is 629 g/mol. The van der Waals surface area contributed by atoms with E-state index in [2.05, 4.69) is 0 Å². The van der Waals surface area contributed by atoms with Crippen LogP contribution in [0.2, 0.25) is 18.1 Å². The number of hydrogen-bond acceptors (Lipinski definition) is 10. The molecule has 12 nitrogen and oxygen atoms in total. The quantitative estimate of drug-likeness (QED) is 0.165. The van der Waals surface area contributed by atoms with Gasteiger partial charge in [-0.1, -0.05) is 20.8 Å². The van der Waals surface area contributed by atoms with Crippen LogP contribution in [0.15, 0.2) is 0 Å². The first-order chi connectivity index (χ1) is 19.7. The summed E-state index contributed by atoms with van der Waals surface area (Å²) < 4.78 is 69.7. The maximum atomic E-state index is 13.3. The van der Waals surface area contributed by atoms with Crippen LogP contribution in [-0.4, -0.2) is 73.3 Å². The van der Waals surface area contributed by atoms with E-state index in [0.717, 1.165) is 0 Å². The number of rotatable bonds is 8. The SMILES string of the molecule is [2H]CC(C)(C)C(=O)O[C@H]1[C@H](OC(=O)C(C)(C)C[2H])[C@@H](OC(=O)C(C)(C)C[2H])C(OP(=O)(O)O)O[C@@H]1CO[Si](C)(C)C(C)(C)C. The van der Waals surface area contributed by atoms with Gasteiger partial charge in [0.2, 0.25) is 6.29 Å². The van der Waals surface area contributed by atoms with Gasteiger partial charge < -0.3 is 33.2 Å². The number of esters is 3. The normalized spacial score (nSPS) is 25.9. The Hall–Kier alpha value is -1.34. The lowest BCUT2D eigenvalue weighted by molar-refractivity contribution is -0.294. The lowest BCUT2D eigenvalue weighted by Gasteiger charge is -2.46. The molecule has 0 spiro atoms. The second kappa shape index (κ2) is 12.7. The van der Waals surface area contributed by atoms with Gasteiger partial charge in [-0.05, 0) is 80.4 Å². The van der Waals surface area contributed by atoms with Crippen molar-refractivity contribution in [2.45, 2.75) is 132 Å². The van der Waals surface area contributed by atoms with E-state index in [4.69, 9.17) is 32.0 Å². The molecule has 1 saturated heterocycles. The minimum Gasteiger partial charge on any atom is -0.455 e. The van der Waals surface area contributed by atoms with Gasteiger partial charge in [0, 0.05) is 4.11 Å². The van der Waals surface area contributed by atoms with Crippen LogP contribution < -0.4 is 0 Å². The average molecular weight is 630 g/mol. The summed E-state index contributed by atoms with van der Waals surface area (Å²) >= 11 is 0. The first-order valence-corrected chi connectivity index (χ1v) is 17.6. The van der Waals surface area contributed by atoms with Crippen molar-refractivity contribution in [2.75, 3.05) is 6.61 Å². The van der Waals surface area contributed by atoms with E-state index < -0.39 is 94.8 Å². The van der Waals surface area contributed by atoms with Crippen LogP contribution in [0.25, 0.3) is 0 Å². The molecule has 0 aliphatic carbocycles. The Labute approximate surface area is 249 Å². The summed E-state index contributed by atoms with van der Waals surface area (Å²) in [5, 5.41) is -0.285. The molecule has 1 aliphatic heterocycles. The summed E-state index contributed by atoms with van der Waals surface area (Å²) in [6, 6.07) is 0. The molecule has 0 bridgehead atoms. The Morgan fingerprint density at radius 1 is 0.780 bits per heavy atom. The van der Waals surface area contributed by atoms with E-state index in [1.807, 2.05) is 33.9 Å². The van der Waals surface area contributed by atoms with Crippen LogP contribution >= 0.6 is 7.82 Å². The van der Waals surface area contributed by atoms with Crippen molar-refractivity contribution in [3.63, 3.8) is 0 Å². The molecule has 5 atom stereocenters. The van der Waals surface area contributed by atoms with Crippen molar-refractivity contribution in [1.29, 1.82) is 0 Å². The van der Waals surface area contributed by atoms with Gasteiger partial charge in [-0.3, -0.25) is 18.9 Å². The van der Waals surface area contributed by atoms with Gasteiger partial charge in [0.05, 0.1) is 22.9 Å². The van der Waals surface area contributed by atoms with Crippen LogP contribution in [-0.2, 0) is 46.8 Å². The van der Waals surface area contributed by atoms with Gasteiger partial charge in [0.15, 0.2) is 26.6 Å². The highest BCUT2D eigenvalue weighted by atomic mass is 31.2. The fraction of sp³-hybridized carbons (Fsp3) is 0.889. The Kier molecular flexibility index (Phi) is 10.1. The number of carbonyl (C=O) groups is 3. The maximum absolute atomic E-state index is 13.3. The molecule has 1 heterocycles. The van der Waals surface area contributed by atoms with Crippen molar-refractivity contribution in [2.24, 2.45) is 16.2 Å². The zero-order chi connectivity index (χ0) is 34.7. The van der Waals surface area contributed by atoms with E-state index >= 15 is 0 Å². The predicted octanol–water partition coefficient (Wildman–Crippen LogP) is 4.72. The number of phosphoric acid groups is 1. The largest absolute Gasteiger partial charge is 0.472 e. The zero-order valence-electron chi connectivity index (χ0n) is 29.1. The highest BCUT2D eigenvalue weighted by Gasteiger charge is 2.56. The van der Waals surface area contributed by atoms with Crippen LogP contribution in [0, 0.1) is 16.2 Å². The van der Waals surface area contributed by atoms with Gasteiger partial charge in [0.1, 0.15) is 6.10 Å². The fourth-order valence-electron chi connectivity index (χ4n) is 2.99. The molecule has 0 radical (unpaired) electrons. The standard InChI is InChI=1S/C27H51O12PSi/c1-24(2,3)21(28)36-17-16(15-34-41(13,14)27(10,11)12)35-20(39-40(31,32)33)19(38-23(30)26(7,8)9)18(17)37-22(29)25(4,5)6/h16-20H,15H2,1-14H3,(H2,31,32,33)/t16-,17-,18+,19-,20?/m1/s1/i1D,4D,7D. The molecule has 14 heteroatoms. The summed E-state index contributed by atoms with van der Waals surface area (Å²) in [6.45, 7) is 16.9. The highest BCUT2D eigenvalue weighted by molar-refractivity contribution is 7.46. The predicted molar refractivity (Wildman–Crippen MR) is 153 cm³/mol. The Morgan fingerprint density at radius 3 is 1.54 bits per heavy atom. The third-order valence-electron chi connectivity index (χ3n) is 6.63. The number of ether oxygens (including phenoxy) is 4. The third-order valence-corrected chi connectivity index (χ3v) is 11.6. The van der Waals surface area contributed by atoms with E-state index in [0.29, 0.717) is 0 Å². The number of hydrogen-bond donors (Lipinski definition) is 2. The van der Waals surface area contributed by atoms with Crippen molar-refractivity contribution in [1.82, 2.24) is 0 Å². The molecule has 1 unspecified atom stereocenters. The maximum Gasteiger partial charge on any atom is 0.472 e. The third kappa shape index (κ3) is 11.0. The first-order valence-electron chi connectivity index (χ1n) is 15.3. The van der Waals surface area contributed by atoms with Crippen LogP contribution in [0.4, 0.5) is 0 Å². The van der Waals surface area contributed by atoms with Crippen molar-refractivity contribution >= 4 is 34.0 Å². The van der Waals surface area contributed by atoms with Gasteiger partial charge in [-0.15, -0.1) is 0 Å². The lowest BCUT2D eigenvalue weighted by Crippen LogP contribution is -2.64. The molecule has 0 saturated carbocycles. The van der Waals surface area contributed by atoms with E-state index in [1.54, 1.807) is 0 Å². The second-order valence-corrected chi connectivity index (χ2v) is 20.0. The average Bonchev–Trinajstić information content (AvgIpc) is 2.88. The number of phosphoric ester groups is 1. The molecule has 0 amide bonds. The molecule has 1 fully saturated rings. The van der Waals surface area contributed by atoms with E-state index in [1.165, 1.54) is 41.5 Å². The number of carbonyl (C=O) groups excluding carboxylic acids is 3. The van der Waals surface area contributed by atoms with E-state index in [9.17, 15) is 28.7 Å². The molecule has 240 valence electrons. The first kappa shape index (κ1) is 32.6. The molecular weight excluding hydrogens is 575 g/mol. The van der Waals surface area contributed by atoms with Gasteiger partial charge in [-0.25, -0.2) is 4.57 Å². The molecule has 0 aromatic rings. The second-order valence-electron chi connectivity index (χ2n) is 14.0. The fourth-order valence-corrected chi connectivity index (χ4v) is 4.45. The Bertz CT molecular complexity index is 1070. The summed E-state index contributed by atoms with van der Waals surface area (Å²) in [5.41, 5.74) is -4.14. The molecule has 1 rings (SSSR count). The summed E-state index contributed by atoms with van der Waals surface area (Å²) in [6.07, 6.45) is -8.63. The Balaban J connectivity index is 3.90. The van der Waals surface area contributed by atoms with Gasteiger partial charge >= 0.3 is 25.7 Å². The van der Waals surface area contributed by atoms with Crippen LogP contribution in [0.5, 0.6) is 0 Å². The zero-order valence-corrected chi connectivity index (χ0v) is 28.0. The van der Waals surface area contributed by atoms with Crippen LogP contribution in [0.1, 0.15) is 87.1 Å². The summed E-state index contributed by atoms with van der Waals surface area (Å²) in [5.74, 6) is -2.85. The molecule has 1 aliphatic rings. The lowest BCUT2D eigenvalue weighted by atomic mass is 9.93. The minimum atomic E-state index is -5.33. The summed E-state index contributed by atoms with van der Waals surface area (Å²) in [7, 11) is -7.85. The highest BCUT2D eigenvalue weighted by Crippen LogP contribution is 2.44. The van der Waals surface area contributed by atoms with Crippen molar-refractivity contribution in [3.8, 4) is 0 Å². The topological polar surface area (TPSA) is 164 Å². The molecule has 2 N–H and O–H groups in total. The van der Waals surface area contributed by atoms with E-state index in [-0.39, 0.29) is 18.5 Å². The smallest absolute Gasteiger partial charge is 0.455 e. The molecule has 0 aromatic carbocycles. The Morgan fingerprint density at radius 2 is 1.17 bits per heavy atom.